The van der Waals surface area contributed by atoms with E-state index in [4.69, 9.17) is 4.74 Å². The van der Waals surface area contributed by atoms with Crippen molar-refractivity contribution in [2.75, 3.05) is 39.9 Å². The number of likely N-dealkylation sites (tertiary alicyclic amines) is 1. The molecular formula is C13H22N2O3. The van der Waals surface area contributed by atoms with Gasteiger partial charge in [-0.15, -0.1) is 0 Å². The van der Waals surface area contributed by atoms with Gasteiger partial charge in [0, 0.05) is 39.0 Å². The van der Waals surface area contributed by atoms with Gasteiger partial charge in [0.2, 0.25) is 11.8 Å². The van der Waals surface area contributed by atoms with Crippen LogP contribution < -0.4 is 0 Å². The summed E-state index contributed by atoms with van der Waals surface area (Å²) in [5, 5.41) is 0. The molecule has 0 aromatic rings. The molecule has 5 heteroatoms. The lowest BCUT2D eigenvalue weighted by Crippen LogP contribution is -2.53. The van der Waals surface area contributed by atoms with Gasteiger partial charge in [-0.3, -0.25) is 9.59 Å². The lowest BCUT2D eigenvalue weighted by Gasteiger charge is -2.39. The zero-order valence-electron chi connectivity index (χ0n) is 11.4. The van der Waals surface area contributed by atoms with Gasteiger partial charge in [-0.25, -0.2) is 0 Å². The van der Waals surface area contributed by atoms with Crippen molar-refractivity contribution in [2.45, 2.75) is 20.3 Å². The molecular weight excluding hydrogens is 232 g/mol. The van der Waals surface area contributed by atoms with Gasteiger partial charge in [0.1, 0.15) is 0 Å². The molecule has 2 rings (SSSR count). The van der Waals surface area contributed by atoms with Gasteiger partial charge in [-0.05, 0) is 13.8 Å². The van der Waals surface area contributed by atoms with Gasteiger partial charge in [0.05, 0.1) is 18.6 Å². The van der Waals surface area contributed by atoms with E-state index in [0.29, 0.717) is 26.2 Å². The van der Waals surface area contributed by atoms with Crippen LogP contribution in [0.15, 0.2) is 0 Å². The third kappa shape index (κ3) is 2.36. The molecule has 2 saturated heterocycles. The molecule has 5 nitrogen and oxygen atoms in total. The molecule has 102 valence electrons. The summed E-state index contributed by atoms with van der Waals surface area (Å²) in [6.45, 7) is 7.16. The molecule has 18 heavy (non-hydrogen) atoms. The van der Waals surface area contributed by atoms with Gasteiger partial charge < -0.3 is 14.5 Å². The SMILES string of the molecule is CCN1CC(CN(C)C(=O)C2(C)COC2)CC1=O. The van der Waals surface area contributed by atoms with Crippen LogP contribution in [-0.2, 0) is 14.3 Å². The highest BCUT2D eigenvalue weighted by Gasteiger charge is 2.43. The van der Waals surface area contributed by atoms with Gasteiger partial charge in [0.25, 0.3) is 0 Å². The van der Waals surface area contributed by atoms with Crippen LogP contribution in [0.1, 0.15) is 20.3 Å². The van der Waals surface area contributed by atoms with E-state index in [1.165, 1.54) is 0 Å². The Kier molecular flexibility index (Phi) is 3.61. The van der Waals surface area contributed by atoms with Crippen LogP contribution in [0.4, 0.5) is 0 Å². The van der Waals surface area contributed by atoms with Gasteiger partial charge in [0.15, 0.2) is 0 Å². The van der Waals surface area contributed by atoms with Crippen LogP contribution in [0.3, 0.4) is 0 Å². The Morgan fingerprint density at radius 2 is 2.22 bits per heavy atom. The molecule has 2 aliphatic rings. The first-order chi connectivity index (χ1) is 8.46. The Morgan fingerprint density at radius 3 is 2.67 bits per heavy atom. The fourth-order valence-corrected chi connectivity index (χ4v) is 2.74. The number of amides is 2. The van der Waals surface area contributed by atoms with Crippen molar-refractivity contribution in [3.63, 3.8) is 0 Å². The fourth-order valence-electron chi connectivity index (χ4n) is 2.74. The third-order valence-corrected chi connectivity index (χ3v) is 3.91. The van der Waals surface area contributed by atoms with Gasteiger partial charge >= 0.3 is 0 Å². The Balaban J connectivity index is 1.86. The summed E-state index contributed by atoms with van der Waals surface area (Å²) in [4.78, 5) is 27.5. The number of carbonyl (C=O) groups excluding carboxylic acids is 2. The second-order valence-corrected chi connectivity index (χ2v) is 5.74. The number of ether oxygens (including phenoxy) is 1. The quantitative estimate of drug-likeness (QED) is 0.727. The minimum absolute atomic E-state index is 0.135. The summed E-state index contributed by atoms with van der Waals surface area (Å²) in [7, 11) is 1.82. The van der Waals surface area contributed by atoms with Crippen molar-refractivity contribution in [3.8, 4) is 0 Å². The molecule has 2 fully saturated rings. The number of nitrogens with zero attached hydrogens (tertiary/aromatic N) is 2. The number of hydrogen-bond donors (Lipinski definition) is 0. The van der Waals surface area contributed by atoms with Crippen molar-refractivity contribution in [2.24, 2.45) is 11.3 Å². The van der Waals surface area contributed by atoms with Crippen molar-refractivity contribution in [3.05, 3.63) is 0 Å². The molecule has 0 radical (unpaired) electrons. The fraction of sp³-hybridized carbons (Fsp3) is 0.846. The van der Waals surface area contributed by atoms with E-state index >= 15 is 0 Å². The average molecular weight is 254 g/mol. The van der Waals surface area contributed by atoms with E-state index in [9.17, 15) is 9.59 Å². The first-order valence-corrected chi connectivity index (χ1v) is 6.57. The first kappa shape index (κ1) is 13.3. The normalized spacial score (nSPS) is 26.1. The maximum atomic E-state index is 12.2. The summed E-state index contributed by atoms with van der Waals surface area (Å²) in [6.07, 6.45) is 0.568. The van der Waals surface area contributed by atoms with E-state index in [2.05, 4.69) is 0 Å². The molecule has 2 aliphatic heterocycles. The standard InChI is InChI=1S/C13H22N2O3/c1-4-15-7-10(5-11(15)16)6-14(3)12(17)13(2)8-18-9-13/h10H,4-9H2,1-3H3. The third-order valence-electron chi connectivity index (χ3n) is 3.91. The summed E-state index contributed by atoms with van der Waals surface area (Å²) in [5.74, 6) is 0.619. The molecule has 0 N–H and O–H groups in total. The number of carbonyl (C=O) groups is 2. The van der Waals surface area contributed by atoms with Crippen molar-refractivity contribution < 1.29 is 14.3 Å². The number of hydrogen-bond acceptors (Lipinski definition) is 3. The van der Waals surface area contributed by atoms with Gasteiger partial charge in [-0.2, -0.15) is 0 Å². The van der Waals surface area contributed by atoms with Crippen molar-refractivity contribution in [1.29, 1.82) is 0 Å². The largest absolute Gasteiger partial charge is 0.379 e. The summed E-state index contributed by atoms with van der Waals surface area (Å²) in [5.41, 5.74) is -0.345. The van der Waals surface area contributed by atoms with E-state index in [1.54, 1.807) is 4.90 Å². The zero-order valence-corrected chi connectivity index (χ0v) is 11.4. The molecule has 0 aromatic carbocycles. The monoisotopic (exact) mass is 254 g/mol. The predicted molar refractivity (Wildman–Crippen MR) is 66.9 cm³/mol. The highest BCUT2D eigenvalue weighted by atomic mass is 16.5. The lowest BCUT2D eigenvalue weighted by atomic mass is 9.87. The van der Waals surface area contributed by atoms with Crippen LogP contribution >= 0.6 is 0 Å². The van der Waals surface area contributed by atoms with E-state index in [1.807, 2.05) is 25.8 Å². The highest BCUT2D eigenvalue weighted by molar-refractivity contribution is 5.83. The maximum absolute atomic E-state index is 12.2. The predicted octanol–water partition coefficient (Wildman–Crippen LogP) is 0.350. The molecule has 0 bridgehead atoms. The first-order valence-electron chi connectivity index (χ1n) is 6.57. The Bertz CT molecular complexity index is 352. The summed E-state index contributed by atoms with van der Waals surface area (Å²) < 4.78 is 5.12. The molecule has 0 saturated carbocycles. The zero-order chi connectivity index (χ0) is 13.3. The van der Waals surface area contributed by atoms with Crippen LogP contribution in [0.2, 0.25) is 0 Å². The molecule has 0 aliphatic carbocycles. The second kappa shape index (κ2) is 4.88. The van der Waals surface area contributed by atoms with Crippen LogP contribution in [0, 0.1) is 11.3 Å². The number of rotatable bonds is 4. The summed E-state index contributed by atoms with van der Waals surface area (Å²) >= 11 is 0. The van der Waals surface area contributed by atoms with Crippen molar-refractivity contribution >= 4 is 11.8 Å². The Morgan fingerprint density at radius 1 is 1.56 bits per heavy atom. The smallest absolute Gasteiger partial charge is 0.232 e. The highest BCUT2D eigenvalue weighted by Crippen LogP contribution is 2.29. The molecule has 0 spiro atoms. The lowest BCUT2D eigenvalue weighted by molar-refractivity contribution is -0.167. The maximum Gasteiger partial charge on any atom is 0.232 e. The van der Waals surface area contributed by atoms with Crippen LogP contribution in [0.25, 0.3) is 0 Å². The Labute approximate surface area is 108 Å². The summed E-state index contributed by atoms with van der Waals surface area (Å²) in [6, 6.07) is 0. The molecule has 2 heterocycles. The van der Waals surface area contributed by atoms with Crippen LogP contribution in [-0.4, -0.2) is 61.5 Å². The minimum atomic E-state index is -0.345. The molecule has 2 amide bonds. The van der Waals surface area contributed by atoms with E-state index in [0.717, 1.165) is 13.1 Å². The topological polar surface area (TPSA) is 49.9 Å². The second-order valence-electron chi connectivity index (χ2n) is 5.74. The molecule has 1 unspecified atom stereocenters. The molecule has 0 aromatic heterocycles. The van der Waals surface area contributed by atoms with Crippen molar-refractivity contribution in [1.82, 2.24) is 9.80 Å². The minimum Gasteiger partial charge on any atom is -0.379 e. The van der Waals surface area contributed by atoms with Gasteiger partial charge in [-0.1, -0.05) is 0 Å². The van der Waals surface area contributed by atoms with E-state index < -0.39 is 0 Å². The molecule has 1 atom stereocenters. The van der Waals surface area contributed by atoms with E-state index in [-0.39, 0.29) is 23.1 Å². The van der Waals surface area contributed by atoms with Crippen LogP contribution in [0.5, 0.6) is 0 Å². The Hall–Kier alpha value is -1.10. The average Bonchev–Trinajstić information content (AvgIpc) is 2.65.